The van der Waals surface area contributed by atoms with E-state index < -0.39 is 0 Å². The van der Waals surface area contributed by atoms with E-state index in [0.717, 1.165) is 25.4 Å². The molecule has 0 fully saturated rings. The third kappa shape index (κ3) is 5.78. The normalized spacial score (nSPS) is 11.0. The molecule has 0 saturated carbocycles. The lowest BCUT2D eigenvalue weighted by molar-refractivity contribution is 0.677. The topological polar surface area (TPSA) is 12.0 Å². The molecule has 0 radical (unpaired) electrons. The number of hydrogen-bond acceptors (Lipinski definition) is 2. The van der Waals surface area contributed by atoms with Crippen LogP contribution < -0.4 is 5.32 Å². The van der Waals surface area contributed by atoms with E-state index in [-0.39, 0.29) is 0 Å². The first-order chi connectivity index (χ1) is 7.72. The Kier molecular flexibility index (Phi) is 6.93. The highest BCUT2D eigenvalue weighted by Gasteiger charge is 1.98. The molecule has 1 aromatic carbocycles. The van der Waals surface area contributed by atoms with Gasteiger partial charge in [-0.05, 0) is 30.7 Å². The van der Waals surface area contributed by atoms with E-state index in [1.165, 1.54) is 10.5 Å². The van der Waals surface area contributed by atoms with Crippen molar-refractivity contribution in [3.05, 3.63) is 29.8 Å². The van der Waals surface area contributed by atoms with Gasteiger partial charge < -0.3 is 5.32 Å². The van der Waals surface area contributed by atoms with Gasteiger partial charge in [-0.15, -0.1) is 23.4 Å². The highest BCUT2D eigenvalue weighted by atomic mass is 35.5. The molecule has 0 saturated heterocycles. The molecule has 0 atom stereocenters. The van der Waals surface area contributed by atoms with Gasteiger partial charge in [0.2, 0.25) is 0 Å². The van der Waals surface area contributed by atoms with Crippen molar-refractivity contribution in [1.29, 1.82) is 0 Å². The number of rotatable bonds is 7. The third-order valence-electron chi connectivity index (χ3n) is 2.11. The molecule has 0 unspecified atom stereocenters. The largest absolute Gasteiger partial charge is 0.313 e. The summed E-state index contributed by atoms with van der Waals surface area (Å²) >= 11 is 7.51. The van der Waals surface area contributed by atoms with E-state index in [9.17, 15) is 0 Å². The van der Waals surface area contributed by atoms with E-state index in [0.29, 0.717) is 5.25 Å². The van der Waals surface area contributed by atoms with E-state index in [1.807, 2.05) is 11.8 Å². The van der Waals surface area contributed by atoms with Gasteiger partial charge in [-0.1, -0.05) is 26.0 Å². The average Bonchev–Trinajstić information content (AvgIpc) is 2.26. The predicted octanol–water partition coefficient (Wildman–Crippen LogP) is 3.91. The lowest BCUT2D eigenvalue weighted by Gasteiger charge is -2.07. The number of thioether (sulfide) groups is 1. The minimum Gasteiger partial charge on any atom is -0.313 e. The van der Waals surface area contributed by atoms with Crippen molar-refractivity contribution in [2.75, 3.05) is 12.4 Å². The van der Waals surface area contributed by atoms with Gasteiger partial charge >= 0.3 is 0 Å². The van der Waals surface area contributed by atoms with Crippen molar-refractivity contribution >= 4 is 23.4 Å². The van der Waals surface area contributed by atoms with E-state index in [1.54, 1.807) is 0 Å². The summed E-state index contributed by atoms with van der Waals surface area (Å²) in [7, 11) is 0. The summed E-state index contributed by atoms with van der Waals surface area (Å²) < 4.78 is 0. The Morgan fingerprint density at radius 3 is 2.50 bits per heavy atom. The van der Waals surface area contributed by atoms with Gasteiger partial charge in [-0.2, -0.15) is 0 Å². The first-order valence-electron chi connectivity index (χ1n) is 5.74. The molecular formula is C13H20ClNS. The van der Waals surface area contributed by atoms with Crippen molar-refractivity contribution in [1.82, 2.24) is 5.32 Å². The molecule has 0 heterocycles. The average molecular weight is 258 g/mol. The number of alkyl halides is 1. The molecule has 0 aliphatic rings. The van der Waals surface area contributed by atoms with Crippen LogP contribution in [0.2, 0.25) is 0 Å². The Bertz CT molecular complexity index is 284. The van der Waals surface area contributed by atoms with Crippen LogP contribution >= 0.6 is 23.4 Å². The lowest BCUT2D eigenvalue weighted by atomic mass is 10.2. The van der Waals surface area contributed by atoms with Gasteiger partial charge in [0, 0.05) is 22.6 Å². The summed E-state index contributed by atoms with van der Waals surface area (Å²) in [6, 6.07) is 8.78. The Balaban J connectivity index is 2.33. The third-order valence-corrected chi connectivity index (χ3v) is 3.39. The van der Waals surface area contributed by atoms with Crippen LogP contribution in [0.15, 0.2) is 29.2 Å². The molecular weight excluding hydrogens is 238 g/mol. The van der Waals surface area contributed by atoms with Crippen LogP contribution in [0, 0.1) is 0 Å². The number of halogens is 1. The molecule has 0 aliphatic heterocycles. The zero-order valence-corrected chi connectivity index (χ0v) is 11.6. The second kappa shape index (κ2) is 7.99. The number of benzene rings is 1. The smallest absolute Gasteiger partial charge is 0.0235 e. The summed E-state index contributed by atoms with van der Waals surface area (Å²) in [6.07, 6.45) is 1.03. The molecule has 0 spiro atoms. The molecule has 1 rings (SSSR count). The zero-order valence-electron chi connectivity index (χ0n) is 10.0. The molecule has 1 aromatic rings. The van der Waals surface area contributed by atoms with Crippen molar-refractivity contribution < 1.29 is 0 Å². The van der Waals surface area contributed by atoms with E-state index in [2.05, 4.69) is 43.4 Å². The highest BCUT2D eigenvalue weighted by molar-refractivity contribution is 7.99. The lowest BCUT2D eigenvalue weighted by Crippen LogP contribution is -2.14. The van der Waals surface area contributed by atoms with Crippen LogP contribution in [0.5, 0.6) is 0 Å². The monoisotopic (exact) mass is 257 g/mol. The molecule has 90 valence electrons. The van der Waals surface area contributed by atoms with Crippen molar-refractivity contribution in [3.8, 4) is 0 Å². The fourth-order valence-corrected chi connectivity index (χ4v) is 2.35. The summed E-state index contributed by atoms with van der Waals surface area (Å²) in [5.41, 5.74) is 1.34. The van der Waals surface area contributed by atoms with E-state index in [4.69, 9.17) is 11.6 Å². The summed E-state index contributed by atoms with van der Waals surface area (Å²) in [5, 5.41) is 4.02. The van der Waals surface area contributed by atoms with Crippen LogP contribution in [0.4, 0.5) is 0 Å². The van der Waals surface area contributed by atoms with Crippen LogP contribution in [0.3, 0.4) is 0 Å². The predicted molar refractivity (Wildman–Crippen MR) is 74.5 cm³/mol. The van der Waals surface area contributed by atoms with Gasteiger partial charge in [0.15, 0.2) is 0 Å². The quantitative estimate of drug-likeness (QED) is 0.452. The maximum atomic E-state index is 5.61. The maximum absolute atomic E-state index is 5.61. The SMILES string of the molecule is CC(C)Sc1ccc(CNCCCCl)cc1. The maximum Gasteiger partial charge on any atom is 0.0235 e. The van der Waals surface area contributed by atoms with Crippen LogP contribution in [-0.4, -0.2) is 17.7 Å². The summed E-state index contributed by atoms with van der Waals surface area (Å²) in [4.78, 5) is 1.35. The Morgan fingerprint density at radius 2 is 1.94 bits per heavy atom. The van der Waals surface area contributed by atoms with Crippen LogP contribution in [-0.2, 0) is 6.54 Å². The van der Waals surface area contributed by atoms with Crippen molar-refractivity contribution in [2.45, 2.75) is 37.0 Å². The molecule has 0 amide bonds. The second-order valence-corrected chi connectivity index (χ2v) is 6.06. The first kappa shape index (κ1) is 13.9. The van der Waals surface area contributed by atoms with Gasteiger partial charge in [0.25, 0.3) is 0 Å². The van der Waals surface area contributed by atoms with Gasteiger partial charge in [0.05, 0.1) is 0 Å². The summed E-state index contributed by atoms with van der Waals surface area (Å²) in [5.74, 6) is 0.733. The molecule has 0 bridgehead atoms. The Morgan fingerprint density at radius 1 is 1.25 bits per heavy atom. The fraction of sp³-hybridized carbons (Fsp3) is 0.538. The van der Waals surface area contributed by atoms with Crippen molar-refractivity contribution in [2.24, 2.45) is 0 Å². The standard InChI is InChI=1S/C13H20ClNS/c1-11(2)16-13-6-4-12(5-7-13)10-15-9-3-8-14/h4-7,11,15H,3,8-10H2,1-2H3. The molecule has 1 N–H and O–H groups in total. The first-order valence-corrected chi connectivity index (χ1v) is 7.16. The number of nitrogens with one attached hydrogen (secondary N) is 1. The minimum atomic E-state index is 0.646. The molecule has 0 aliphatic carbocycles. The molecule has 1 nitrogen and oxygen atoms in total. The minimum absolute atomic E-state index is 0.646. The van der Waals surface area contributed by atoms with Crippen LogP contribution in [0.1, 0.15) is 25.8 Å². The highest BCUT2D eigenvalue weighted by Crippen LogP contribution is 2.22. The summed E-state index contributed by atoms with van der Waals surface area (Å²) in [6.45, 7) is 6.36. The van der Waals surface area contributed by atoms with Gasteiger partial charge in [0.1, 0.15) is 0 Å². The molecule has 16 heavy (non-hydrogen) atoms. The number of hydrogen-bond donors (Lipinski definition) is 1. The molecule has 0 aromatic heterocycles. The Hall–Kier alpha value is -0.180. The van der Waals surface area contributed by atoms with Gasteiger partial charge in [-0.25, -0.2) is 0 Å². The van der Waals surface area contributed by atoms with Crippen molar-refractivity contribution in [3.63, 3.8) is 0 Å². The van der Waals surface area contributed by atoms with Crippen LogP contribution in [0.25, 0.3) is 0 Å². The zero-order chi connectivity index (χ0) is 11.8. The fourth-order valence-electron chi connectivity index (χ4n) is 1.38. The molecule has 3 heteroatoms. The Labute approximate surface area is 108 Å². The second-order valence-electron chi connectivity index (χ2n) is 4.03. The van der Waals surface area contributed by atoms with E-state index >= 15 is 0 Å². The van der Waals surface area contributed by atoms with Gasteiger partial charge in [-0.3, -0.25) is 0 Å².